The van der Waals surface area contributed by atoms with E-state index in [-0.39, 0.29) is 17.3 Å². The van der Waals surface area contributed by atoms with Crippen LogP contribution in [0.4, 0.5) is 0 Å². The van der Waals surface area contributed by atoms with Crippen molar-refractivity contribution in [1.82, 2.24) is 9.80 Å². The number of rotatable bonds is 5. The topological polar surface area (TPSA) is 49.6 Å². The Hall–Kier alpha value is -0.680. The van der Waals surface area contributed by atoms with E-state index in [2.05, 4.69) is 11.8 Å². The zero-order chi connectivity index (χ0) is 12.1. The molecule has 1 fully saturated rings. The number of amides is 1. The molecule has 0 bridgehead atoms. The lowest BCUT2D eigenvalue weighted by Crippen LogP contribution is -2.41. The number of hydrogen-bond acceptors (Lipinski definition) is 3. The molecule has 92 valence electrons. The number of nitrogens with two attached hydrogens (primary N) is 1. The highest BCUT2D eigenvalue weighted by Crippen LogP contribution is 2.17. The minimum atomic E-state index is 0.0236. The van der Waals surface area contributed by atoms with Gasteiger partial charge in [-0.15, -0.1) is 0 Å². The van der Waals surface area contributed by atoms with Gasteiger partial charge in [-0.1, -0.05) is 19.1 Å². The first-order valence-corrected chi connectivity index (χ1v) is 6.21. The second-order valence-corrected chi connectivity index (χ2v) is 4.87. The molecule has 1 amide bonds. The average molecular weight is 243 g/mol. The largest absolute Gasteiger partial charge is 0.393 e. The summed E-state index contributed by atoms with van der Waals surface area (Å²) in [7, 11) is 1.83. The first kappa shape index (κ1) is 13.4. The standard InChI is InChI=1S/C11H21N3OS/c1-3-14-6-4-5-9(14)8-13(2)11(15)7-10(12)16/h9H,3-8H2,1-2H3,(H2,12,16). The van der Waals surface area contributed by atoms with Gasteiger partial charge in [-0.25, -0.2) is 0 Å². The molecular formula is C11H21N3OS. The Morgan fingerprint density at radius 3 is 2.88 bits per heavy atom. The molecule has 0 spiro atoms. The first-order valence-electron chi connectivity index (χ1n) is 5.81. The van der Waals surface area contributed by atoms with Crippen molar-refractivity contribution in [3.8, 4) is 0 Å². The van der Waals surface area contributed by atoms with Crippen LogP contribution in [0.1, 0.15) is 26.2 Å². The predicted octanol–water partition coefficient (Wildman–Crippen LogP) is 0.605. The van der Waals surface area contributed by atoms with Crippen molar-refractivity contribution in [2.24, 2.45) is 5.73 Å². The van der Waals surface area contributed by atoms with Gasteiger partial charge < -0.3 is 10.6 Å². The number of thiocarbonyl (C=S) groups is 1. The lowest BCUT2D eigenvalue weighted by atomic mass is 10.2. The highest BCUT2D eigenvalue weighted by Gasteiger charge is 2.25. The van der Waals surface area contributed by atoms with Crippen LogP contribution in [0.5, 0.6) is 0 Å². The molecular weight excluding hydrogens is 222 g/mol. The number of likely N-dealkylation sites (N-methyl/N-ethyl adjacent to an activating group) is 2. The molecule has 5 heteroatoms. The number of carbonyl (C=O) groups excluding carboxylic acids is 1. The molecule has 1 rings (SSSR count). The zero-order valence-corrected chi connectivity index (χ0v) is 10.9. The maximum absolute atomic E-state index is 11.7. The Bertz CT molecular complexity index is 270. The van der Waals surface area contributed by atoms with E-state index in [1.165, 1.54) is 12.8 Å². The fraction of sp³-hybridized carbons (Fsp3) is 0.818. The van der Waals surface area contributed by atoms with E-state index in [0.29, 0.717) is 6.04 Å². The summed E-state index contributed by atoms with van der Waals surface area (Å²) in [6.07, 6.45) is 2.60. The summed E-state index contributed by atoms with van der Waals surface area (Å²) >= 11 is 4.74. The van der Waals surface area contributed by atoms with Crippen molar-refractivity contribution in [1.29, 1.82) is 0 Å². The summed E-state index contributed by atoms with van der Waals surface area (Å²) in [5.41, 5.74) is 5.37. The number of hydrogen-bond donors (Lipinski definition) is 1. The van der Waals surface area contributed by atoms with E-state index in [0.717, 1.165) is 19.6 Å². The molecule has 0 radical (unpaired) electrons. The van der Waals surface area contributed by atoms with E-state index < -0.39 is 0 Å². The van der Waals surface area contributed by atoms with Gasteiger partial charge in [-0.05, 0) is 25.9 Å². The average Bonchev–Trinajstić information content (AvgIpc) is 2.64. The third-order valence-electron chi connectivity index (χ3n) is 3.14. The summed E-state index contributed by atoms with van der Waals surface area (Å²) in [4.78, 5) is 16.1. The molecule has 0 aromatic heterocycles. The second-order valence-electron chi connectivity index (χ2n) is 4.34. The van der Waals surface area contributed by atoms with Crippen LogP contribution in [0, 0.1) is 0 Å². The van der Waals surface area contributed by atoms with E-state index in [9.17, 15) is 4.79 Å². The van der Waals surface area contributed by atoms with Gasteiger partial charge in [0.2, 0.25) is 5.91 Å². The van der Waals surface area contributed by atoms with Gasteiger partial charge in [0.1, 0.15) is 0 Å². The van der Waals surface area contributed by atoms with E-state index in [1.54, 1.807) is 4.90 Å². The van der Waals surface area contributed by atoms with Crippen LogP contribution in [0.2, 0.25) is 0 Å². The molecule has 4 nitrogen and oxygen atoms in total. The lowest BCUT2D eigenvalue weighted by molar-refractivity contribution is -0.129. The van der Waals surface area contributed by atoms with Crippen molar-refractivity contribution in [3.63, 3.8) is 0 Å². The fourth-order valence-electron chi connectivity index (χ4n) is 2.22. The van der Waals surface area contributed by atoms with Gasteiger partial charge >= 0.3 is 0 Å². The maximum atomic E-state index is 11.7. The van der Waals surface area contributed by atoms with Crippen molar-refractivity contribution in [2.75, 3.05) is 26.7 Å². The minimum absolute atomic E-state index is 0.0236. The number of carbonyl (C=O) groups is 1. The van der Waals surface area contributed by atoms with Crippen molar-refractivity contribution >= 4 is 23.1 Å². The third-order valence-corrected chi connectivity index (χ3v) is 3.29. The number of nitrogens with zero attached hydrogens (tertiary/aromatic N) is 2. The third kappa shape index (κ3) is 3.72. The van der Waals surface area contributed by atoms with Gasteiger partial charge in [0.25, 0.3) is 0 Å². The molecule has 1 atom stereocenters. The van der Waals surface area contributed by atoms with Gasteiger partial charge in [0.15, 0.2) is 0 Å². The minimum Gasteiger partial charge on any atom is -0.393 e. The van der Waals surface area contributed by atoms with Crippen LogP contribution in [0.25, 0.3) is 0 Å². The zero-order valence-electron chi connectivity index (χ0n) is 10.1. The molecule has 0 aromatic rings. The molecule has 0 aliphatic carbocycles. The predicted molar refractivity (Wildman–Crippen MR) is 69.3 cm³/mol. The molecule has 1 aliphatic rings. The molecule has 0 saturated carbocycles. The Morgan fingerprint density at radius 1 is 1.62 bits per heavy atom. The van der Waals surface area contributed by atoms with Crippen molar-refractivity contribution < 1.29 is 4.79 Å². The smallest absolute Gasteiger partial charge is 0.229 e. The Labute approximate surface area is 103 Å². The molecule has 0 aromatic carbocycles. The quantitative estimate of drug-likeness (QED) is 0.719. The van der Waals surface area contributed by atoms with Crippen molar-refractivity contribution in [3.05, 3.63) is 0 Å². The SMILES string of the molecule is CCN1CCCC1CN(C)C(=O)CC(N)=S. The number of likely N-dealkylation sites (tertiary alicyclic amines) is 1. The van der Waals surface area contributed by atoms with Gasteiger partial charge in [-0.3, -0.25) is 9.69 Å². The second kappa shape index (κ2) is 6.15. The van der Waals surface area contributed by atoms with Crippen LogP contribution in [-0.2, 0) is 4.79 Å². The Balaban J connectivity index is 2.41. The van der Waals surface area contributed by atoms with Crippen LogP contribution in [-0.4, -0.2) is 53.4 Å². The van der Waals surface area contributed by atoms with Crippen LogP contribution in [0.15, 0.2) is 0 Å². The maximum Gasteiger partial charge on any atom is 0.229 e. The summed E-state index contributed by atoms with van der Waals surface area (Å²) in [5.74, 6) is 0.0236. The highest BCUT2D eigenvalue weighted by atomic mass is 32.1. The van der Waals surface area contributed by atoms with Gasteiger partial charge in [0.05, 0.1) is 11.4 Å². The Kier molecular flexibility index (Phi) is 5.15. The normalized spacial score (nSPS) is 21.0. The summed E-state index contributed by atoms with van der Waals surface area (Å²) in [6.45, 7) is 5.16. The summed E-state index contributed by atoms with van der Waals surface area (Å²) in [5, 5.41) is 0. The van der Waals surface area contributed by atoms with Crippen molar-refractivity contribution in [2.45, 2.75) is 32.2 Å². The molecule has 1 unspecified atom stereocenters. The first-order chi connectivity index (χ1) is 7.54. The molecule has 1 saturated heterocycles. The lowest BCUT2D eigenvalue weighted by Gasteiger charge is -2.27. The Morgan fingerprint density at radius 2 is 2.31 bits per heavy atom. The molecule has 1 heterocycles. The monoisotopic (exact) mass is 243 g/mol. The molecule has 16 heavy (non-hydrogen) atoms. The summed E-state index contributed by atoms with van der Waals surface area (Å²) < 4.78 is 0. The van der Waals surface area contributed by atoms with Crippen LogP contribution < -0.4 is 5.73 Å². The fourth-order valence-corrected chi connectivity index (χ4v) is 2.34. The van der Waals surface area contributed by atoms with Gasteiger partial charge in [-0.2, -0.15) is 0 Å². The summed E-state index contributed by atoms with van der Waals surface area (Å²) in [6, 6.07) is 0.505. The van der Waals surface area contributed by atoms with Crippen LogP contribution >= 0.6 is 12.2 Å². The van der Waals surface area contributed by atoms with Gasteiger partial charge in [0, 0.05) is 19.6 Å². The molecule has 2 N–H and O–H groups in total. The van der Waals surface area contributed by atoms with E-state index in [1.807, 2.05) is 7.05 Å². The molecule has 1 aliphatic heterocycles. The highest BCUT2D eigenvalue weighted by molar-refractivity contribution is 7.80. The van der Waals surface area contributed by atoms with Crippen LogP contribution in [0.3, 0.4) is 0 Å². The van der Waals surface area contributed by atoms with E-state index >= 15 is 0 Å². The van der Waals surface area contributed by atoms with E-state index in [4.69, 9.17) is 18.0 Å².